The van der Waals surface area contributed by atoms with Gasteiger partial charge in [0.1, 0.15) is 12.4 Å². The smallest absolute Gasteiger partial charge is 0.276 e. The van der Waals surface area contributed by atoms with Gasteiger partial charge in [-0.15, -0.1) is 0 Å². The molecule has 0 spiro atoms. The van der Waals surface area contributed by atoms with Crippen molar-refractivity contribution in [3.05, 3.63) is 54.2 Å². The molecule has 140 valence electrons. The second-order valence-corrected chi connectivity index (χ2v) is 6.90. The lowest BCUT2D eigenvalue weighted by molar-refractivity contribution is 0.0562. The molecular formula is C20H22N4O3. The zero-order valence-corrected chi connectivity index (χ0v) is 15.5. The van der Waals surface area contributed by atoms with Crippen molar-refractivity contribution >= 4 is 16.7 Å². The summed E-state index contributed by atoms with van der Waals surface area (Å²) in [4.78, 5) is 20.8. The molecule has 0 saturated carbocycles. The van der Waals surface area contributed by atoms with Crippen molar-refractivity contribution in [2.75, 3.05) is 26.7 Å². The lowest BCUT2D eigenvalue weighted by Crippen LogP contribution is -2.52. The van der Waals surface area contributed by atoms with Gasteiger partial charge in [-0.3, -0.25) is 9.78 Å². The highest BCUT2D eigenvalue weighted by atomic mass is 16.5. The van der Waals surface area contributed by atoms with Crippen LogP contribution in [0.15, 0.2) is 47.2 Å². The van der Waals surface area contributed by atoms with Crippen molar-refractivity contribution in [3.8, 4) is 5.75 Å². The Labute approximate surface area is 157 Å². The number of aromatic nitrogens is 2. The predicted molar refractivity (Wildman–Crippen MR) is 101 cm³/mol. The Morgan fingerprint density at radius 1 is 1.33 bits per heavy atom. The van der Waals surface area contributed by atoms with Crippen LogP contribution in [0.3, 0.4) is 0 Å². The van der Waals surface area contributed by atoms with Gasteiger partial charge in [-0.05, 0) is 26.1 Å². The molecule has 0 bridgehead atoms. The summed E-state index contributed by atoms with van der Waals surface area (Å²) in [7, 11) is 2.07. The average Bonchev–Trinajstić information content (AvgIpc) is 3.17. The van der Waals surface area contributed by atoms with Gasteiger partial charge in [-0.1, -0.05) is 17.3 Å². The topological polar surface area (TPSA) is 71.7 Å². The van der Waals surface area contributed by atoms with Gasteiger partial charge in [0.15, 0.2) is 11.5 Å². The first kappa shape index (κ1) is 17.5. The van der Waals surface area contributed by atoms with Crippen LogP contribution < -0.4 is 4.74 Å². The molecule has 7 nitrogen and oxygen atoms in total. The zero-order chi connectivity index (χ0) is 18.8. The minimum Gasteiger partial charge on any atom is -0.485 e. The number of carbonyl (C=O) groups excluding carboxylic acids is 1. The SMILES string of the molecule is C[C@H]1CN(C(=O)c2cc(COc3cccc4cnccc34)on2)CCN1C. The number of benzene rings is 1. The van der Waals surface area contributed by atoms with Crippen molar-refractivity contribution in [2.24, 2.45) is 0 Å². The standard InChI is InChI=1S/C20H22N4O3/c1-14-12-24(9-8-23(14)2)20(25)18-10-16(27-22-18)13-26-19-5-3-4-15-11-21-7-6-17(15)19/h3-7,10-11,14H,8-9,12-13H2,1-2H3/t14-/m0/s1. The largest absolute Gasteiger partial charge is 0.485 e. The first-order valence-corrected chi connectivity index (χ1v) is 9.02. The van der Waals surface area contributed by atoms with Crippen LogP contribution in [0, 0.1) is 0 Å². The maximum absolute atomic E-state index is 12.7. The van der Waals surface area contributed by atoms with Gasteiger partial charge < -0.3 is 19.1 Å². The van der Waals surface area contributed by atoms with Crippen LogP contribution in [0.2, 0.25) is 0 Å². The molecule has 1 fully saturated rings. The van der Waals surface area contributed by atoms with Crippen LogP contribution in [0.5, 0.6) is 5.75 Å². The molecule has 0 N–H and O–H groups in total. The molecule has 3 aromatic rings. The summed E-state index contributed by atoms with van der Waals surface area (Å²) in [5.74, 6) is 1.17. The monoisotopic (exact) mass is 366 g/mol. The van der Waals surface area contributed by atoms with E-state index in [0.717, 1.165) is 23.1 Å². The fourth-order valence-corrected chi connectivity index (χ4v) is 3.24. The number of pyridine rings is 1. The van der Waals surface area contributed by atoms with E-state index in [-0.39, 0.29) is 12.5 Å². The van der Waals surface area contributed by atoms with Crippen molar-refractivity contribution in [2.45, 2.75) is 19.6 Å². The van der Waals surface area contributed by atoms with Gasteiger partial charge in [0.2, 0.25) is 0 Å². The van der Waals surface area contributed by atoms with Gasteiger partial charge in [-0.2, -0.15) is 0 Å². The summed E-state index contributed by atoms with van der Waals surface area (Å²) in [5.41, 5.74) is 0.326. The molecular weight excluding hydrogens is 344 g/mol. The van der Waals surface area contributed by atoms with Crippen molar-refractivity contribution in [1.29, 1.82) is 0 Å². The van der Waals surface area contributed by atoms with E-state index >= 15 is 0 Å². The first-order valence-electron chi connectivity index (χ1n) is 9.02. The number of hydrogen-bond donors (Lipinski definition) is 0. The molecule has 0 aliphatic carbocycles. The molecule has 3 heterocycles. The Hall–Kier alpha value is -2.93. The Morgan fingerprint density at radius 3 is 3.07 bits per heavy atom. The molecule has 4 rings (SSSR count). The van der Waals surface area contributed by atoms with Crippen LogP contribution in [-0.4, -0.2) is 58.6 Å². The number of rotatable bonds is 4. The van der Waals surface area contributed by atoms with Gasteiger partial charge in [0.25, 0.3) is 5.91 Å². The van der Waals surface area contributed by atoms with Crippen molar-refractivity contribution in [1.82, 2.24) is 19.9 Å². The van der Waals surface area contributed by atoms with E-state index in [1.54, 1.807) is 18.5 Å². The molecule has 1 aliphatic rings. The minimum atomic E-state index is -0.0961. The summed E-state index contributed by atoms with van der Waals surface area (Å²) in [6.45, 7) is 4.57. The Morgan fingerprint density at radius 2 is 2.22 bits per heavy atom. The molecule has 0 radical (unpaired) electrons. The molecule has 1 saturated heterocycles. The molecule has 0 unspecified atom stereocenters. The van der Waals surface area contributed by atoms with Gasteiger partial charge >= 0.3 is 0 Å². The zero-order valence-electron chi connectivity index (χ0n) is 15.5. The van der Waals surface area contributed by atoms with E-state index in [2.05, 4.69) is 29.0 Å². The maximum Gasteiger partial charge on any atom is 0.276 e. The highest BCUT2D eigenvalue weighted by Crippen LogP contribution is 2.25. The van der Waals surface area contributed by atoms with Crippen LogP contribution >= 0.6 is 0 Å². The third-order valence-corrected chi connectivity index (χ3v) is 5.04. The summed E-state index contributed by atoms with van der Waals surface area (Å²) in [5, 5.41) is 5.93. The molecule has 27 heavy (non-hydrogen) atoms. The van der Waals surface area contributed by atoms with Gasteiger partial charge in [0, 0.05) is 54.9 Å². The number of piperazine rings is 1. The predicted octanol–water partition coefficient (Wildman–Crippen LogP) is 2.58. The fraction of sp³-hybridized carbons (Fsp3) is 0.350. The summed E-state index contributed by atoms with van der Waals surface area (Å²) in [6.07, 6.45) is 3.53. The number of carbonyl (C=O) groups is 1. The molecule has 1 atom stereocenters. The van der Waals surface area contributed by atoms with E-state index in [4.69, 9.17) is 9.26 Å². The number of amides is 1. The maximum atomic E-state index is 12.7. The van der Waals surface area contributed by atoms with E-state index in [0.29, 0.717) is 30.6 Å². The van der Waals surface area contributed by atoms with Crippen LogP contribution in [0.1, 0.15) is 23.2 Å². The third kappa shape index (κ3) is 3.64. The average molecular weight is 366 g/mol. The molecule has 1 aliphatic heterocycles. The third-order valence-electron chi connectivity index (χ3n) is 5.04. The van der Waals surface area contributed by atoms with Gasteiger partial charge in [0.05, 0.1) is 0 Å². The van der Waals surface area contributed by atoms with Gasteiger partial charge in [-0.25, -0.2) is 0 Å². The van der Waals surface area contributed by atoms with Crippen molar-refractivity contribution in [3.63, 3.8) is 0 Å². The number of ether oxygens (including phenoxy) is 1. The Bertz CT molecular complexity index is 950. The summed E-state index contributed by atoms with van der Waals surface area (Å²) >= 11 is 0. The fourth-order valence-electron chi connectivity index (χ4n) is 3.24. The molecule has 1 amide bonds. The van der Waals surface area contributed by atoms with Crippen molar-refractivity contribution < 1.29 is 14.1 Å². The first-order chi connectivity index (χ1) is 13.1. The summed E-state index contributed by atoms with van der Waals surface area (Å²) < 4.78 is 11.2. The van der Waals surface area contributed by atoms with E-state index in [1.807, 2.05) is 29.2 Å². The van der Waals surface area contributed by atoms with Crippen LogP contribution in [-0.2, 0) is 6.61 Å². The molecule has 1 aromatic carbocycles. The van der Waals surface area contributed by atoms with E-state index in [9.17, 15) is 4.79 Å². The molecule has 7 heteroatoms. The van der Waals surface area contributed by atoms with E-state index < -0.39 is 0 Å². The quantitative estimate of drug-likeness (QED) is 0.707. The normalized spacial score (nSPS) is 18.0. The van der Waals surface area contributed by atoms with E-state index in [1.165, 1.54) is 0 Å². The Balaban J connectivity index is 1.43. The number of nitrogens with zero attached hydrogens (tertiary/aromatic N) is 4. The second-order valence-electron chi connectivity index (χ2n) is 6.90. The number of fused-ring (bicyclic) bond motifs is 1. The second kappa shape index (κ2) is 7.36. The minimum absolute atomic E-state index is 0.0961. The summed E-state index contributed by atoms with van der Waals surface area (Å²) in [6, 6.07) is 9.71. The number of hydrogen-bond acceptors (Lipinski definition) is 6. The lowest BCUT2D eigenvalue weighted by atomic mass is 10.1. The number of likely N-dealkylation sites (N-methyl/N-ethyl adjacent to an activating group) is 1. The highest BCUT2D eigenvalue weighted by Gasteiger charge is 2.27. The Kier molecular flexibility index (Phi) is 4.77. The lowest BCUT2D eigenvalue weighted by Gasteiger charge is -2.37. The van der Waals surface area contributed by atoms with Crippen LogP contribution in [0.4, 0.5) is 0 Å². The highest BCUT2D eigenvalue weighted by molar-refractivity contribution is 5.92. The van der Waals surface area contributed by atoms with Crippen LogP contribution in [0.25, 0.3) is 10.8 Å². The molecule has 2 aromatic heterocycles.